The van der Waals surface area contributed by atoms with E-state index in [-0.39, 0.29) is 29.6 Å². The van der Waals surface area contributed by atoms with Crippen molar-refractivity contribution < 1.29 is 9.53 Å². The number of rotatable bonds is 1. The number of carbonyl (C=O) groups is 1. The Hall–Kier alpha value is 0.210. The van der Waals surface area contributed by atoms with Crippen LogP contribution in [0.4, 0.5) is 0 Å². The van der Waals surface area contributed by atoms with Gasteiger partial charge in [-0.1, -0.05) is 6.58 Å². The Morgan fingerprint density at radius 1 is 1.86 bits per heavy atom. The fourth-order valence-corrected chi connectivity index (χ4v) is 0.0833. The van der Waals surface area contributed by atoms with Gasteiger partial charge in [-0.2, -0.15) is 0 Å². The van der Waals surface area contributed by atoms with E-state index in [4.69, 9.17) is 0 Å². The summed E-state index contributed by atoms with van der Waals surface area (Å²) < 4.78 is 4.14. The van der Waals surface area contributed by atoms with Crippen LogP contribution in [-0.2, 0) is 9.53 Å². The number of hydrogen-bond donors (Lipinski definition) is 0. The first-order valence-corrected chi connectivity index (χ1v) is 1.51. The molecule has 7 heavy (non-hydrogen) atoms. The second-order valence-corrected chi connectivity index (χ2v) is 0.727. The molecule has 0 N–H and O–H groups in total. The Bertz CT molecular complexity index is 70.1. The standard InChI is InChI=1S/C4H6O2.Na.H/c1-3-4(5)6-2;;/h3H,1H2,2H3;;. The summed E-state index contributed by atoms with van der Waals surface area (Å²) in [6.07, 6.45) is 1.11. The van der Waals surface area contributed by atoms with Gasteiger partial charge in [0.25, 0.3) is 0 Å². The molecule has 0 aliphatic rings. The molecule has 0 amide bonds. The maximum atomic E-state index is 9.84. The minimum atomic E-state index is -0.394. The van der Waals surface area contributed by atoms with E-state index in [0.29, 0.717) is 0 Å². The molecule has 0 aromatic rings. The fourth-order valence-electron chi connectivity index (χ4n) is 0.0833. The SMILES string of the molecule is C=CC(=O)OC.[NaH]. The summed E-state index contributed by atoms with van der Waals surface area (Å²) in [5.74, 6) is -0.394. The van der Waals surface area contributed by atoms with E-state index in [1.165, 1.54) is 7.11 Å². The maximum absolute atomic E-state index is 9.84. The minimum absolute atomic E-state index is 0. The van der Waals surface area contributed by atoms with E-state index in [2.05, 4.69) is 11.3 Å². The second-order valence-electron chi connectivity index (χ2n) is 0.727. The van der Waals surface area contributed by atoms with Crippen molar-refractivity contribution in [3.05, 3.63) is 12.7 Å². The molecule has 36 valence electrons. The monoisotopic (exact) mass is 110 g/mol. The normalized spacial score (nSPS) is 5.86. The Labute approximate surface area is 64.8 Å². The molecule has 0 rings (SSSR count). The zero-order valence-corrected chi connectivity index (χ0v) is 3.60. The first kappa shape index (κ1) is 10.2. The second kappa shape index (κ2) is 6.21. The van der Waals surface area contributed by atoms with Crippen LogP contribution in [0, 0.1) is 0 Å². The summed E-state index contributed by atoms with van der Waals surface area (Å²) in [5, 5.41) is 0. The zero-order valence-electron chi connectivity index (χ0n) is 3.60. The van der Waals surface area contributed by atoms with Crippen LogP contribution in [-0.4, -0.2) is 42.6 Å². The van der Waals surface area contributed by atoms with Crippen molar-refractivity contribution >= 4 is 35.5 Å². The molecule has 0 bridgehead atoms. The Kier molecular flexibility index (Phi) is 9.09. The molecule has 0 aromatic heterocycles. The van der Waals surface area contributed by atoms with Crippen molar-refractivity contribution in [2.45, 2.75) is 0 Å². The molecule has 0 radical (unpaired) electrons. The first-order valence-electron chi connectivity index (χ1n) is 1.51. The van der Waals surface area contributed by atoms with Gasteiger partial charge in [0.05, 0.1) is 7.11 Å². The van der Waals surface area contributed by atoms with Crippen LogP contribution >= 0.6 is 0 Å². The van der Waals surface area contributed by atoms with Crippen molar-refractivity contribution in [3.63, 3.8) is 0 Å². The van der Waals surface area contributed by atoms with E-state index in [9.17, 15) is 4.79 Å². The third kappa shape index (κ3) is 6.21. The number of hydrogen-bond acceptors (Lipinski definition) is 2. The van der Waals surface area contributed by atoms with E-state index < -0.39 is 5.97 Å². The van der Waals surface area contributed by atoms with Crippen LogP contribution in [0.1, 0.15) is 0 Å². The van der Waals surface area contributed by atoms with Gasteiger partial charge < -0.3 is 4.74 Å². The van der Waals surface area contributed by atoms with E-state index >= 15 is 0 Å². The van der Waals surface area contributed by atoms with Crippen molar-refractivity contribution in [3.8, 4) is 0 Å². The van der Waals surface area contributed by atoms with Gasteiger partial charge in [-0.25, -0.2) is 4.79 Å². The van der Waals surface area contributed by atoms with Crippen molar-refractivity contribution in [1.82, 2.24) is 0 Å². The molecule has 0 saturated carbocycles. The molecule has 0 saturated heterocycles. The van der Waals surface area contributed by atoms with Gasteiger partial charge in [0, 0.05) is 6.08 Å². The molecule has 3 heteroatoms. The number of ether oxygens (including phenoxy) is 1. The average Bonchev–Trinajstić information content (AvgIpc) is 1.65. The van der Waals surface area contributed by atoms with Crippen LogP contribution in [0.15, 0.2) is 12.7 Å². The summed E-state index contributed by atoms with van der Waals surface area (Å²) in [5.41, 5.74) is 0. The molecule has 0 spiro atoms. The summed E-state index contributed by atoms with van der Waals surface area (Å²) >= 11 is 0. The molecule has 0 unspecified atom stereocenters. The van der Waals surface area contributed by atoms with E-state index in [1.807, 2.05) is 0 Å². The number of carbonyl (C=O) groups excluding carboxylic acids is 1. The summed E-state index contributed by atoms with van der Waals surface area (Å²) in [6.45, 7) is 3.16. The Morgan fingerprint density at radius 2 is 2.29 bits per heavy atom. The quantitative estimate of drug-likeness (QED) is 0.263. The molecule has 0 atom stereocenters. The average molecular weight is 110 g/mol. The van der Waals surface area contributed by atoms with Crippen LogP contribution < -0.4 is 0 Å². The topological polar surface area (TPSA) is 26.3 Å². The van der Waals surface area contributed by atoms with Crippen molar-refractivity contribution in [2.24, 2.45) is 0 Å². The van der Waals surface area contributed by atoms with Gasteiger partial charge in [-0.3, -0.25) is 0 Å². The van der Waals surface area contributed by atoms with Gasteiger partial charge in [0.1, 0.15) is 0 Å². The molecule has 0 aliphatic carbocycles. The number of methoxy groups -OCH3 is 1. The zero-order chi connectivity index (χ0) is 4.99. The molecular formula is C4H7NaO2. The van der Waals surface area contributed by atoms with Gasteiger partial charge >= 0.3 is 35.5 Å². The van der Waals surface area contributed by atoms with E-state index in [0.717, 1.165) is 6.08 Å². The van der Waals surface area contributed by atoms with Crippen LogP contribution in [0.3, 0.4) is 0 Å². The summed E-state index contributed by atoms with van der Waals surface area (Å²) in [7, 11) is 1.31. The summed E-state index contributed by atoms with van der Waals surface area (Å²) in [4.78, 5) is 9.84. The van der Waals surface area contributed by atoms with Crippen LogP contribution in [0.5, 0.6) is 0 Å². The van der Waals surface area contributed by atoms with Gasteiger partial charge in [-0.15, -0.1) is 0 Å². The van der Waals surface area contributed by atoms with E-state index in [1.54, 1.807) is 0 Å². The molecule has 0 aromatic carbocycles. The van der Waals surface area contributed by atoms with Crippen LogP contribution in [0.25, 0.3) is 0 Å². The molecule has 0 heterocycles. The van der Waals surface area contributed by atoms with Crippen molar-refractivity contribution in [2.75, 3.05) is 7.11 Å². The molecular weight excluding hydrogens is 103 g/mol. The Morgan fingerprint density at radius 3 is 2.29 bits per heavy atom. The molecule has 0 aliphatic heterocycles. The van der Waals surface area contributed by atoms with Crippen LogP contribution in [0.2, 0.25) is 0 Å². The predicted molar refractivity (Wildman–Crippen MR) is 29.4 cm³/mol. The Balaban J connectivity index is 0. The van der Waals surface area contributed by atoms with Crippen molar-refractivity contribution in [1.29, 1.82) is 0 Å². The third-order valence-electron chi connectivity index (χ3n) is 0.368. The van der Waals surface area contributed by atoms with Gasteiger partial charge in [0.15, 0.2) is 0 Å². The predicted octanol–water partition coefficient (Wildman–Crippen LogP) is -0.303. The number of esters is 1. The van der Waals surface area contributed by atoms with Gasteiger partial charge in [-0.05, 0) is 0 Å². The van der Waals surface area contributed by atoms with Gasteiger partial charge in [0.2, 0.25) is 0 Å². The third-order valence-corrected chi connectivity index (χ3v) is 0.368. The molecule has 0 fully saturated rings. The fraction of sp³-hybridized carbons (Fsp3) is 0.250. The first-order chi connectivity index (χ1) is 2.81. The molecule has 2 nitrogen and oxygen atoms in total. The summed E-state index contributed by atoms with van der Waals surface area (Å²) in [6, 6.07) is 0.